The fourth-order valence-corrected chi connectivity index (χ4v) is 5.90. The fraction of sp³-hybridized carbons (Fsp3) is 0.710. The summed E-state index contributed by atoms with van der Waals surface area (Å²) in [4.78, 5) is 39.4. The maximum Gasteiger partial charge on any atom is 0.309 e. The lowest BCUT2D eigenvalue weighted by molar-refractivity contribution is -0.162. The van der Waals surface area contributed by atoms with E-state index in [0.29, 0.717) is 32.1 Å². The molecule has 1 atom stereocenters. The van der Waals surface area contributed by atoms with Crippen LogP contribution in [0.2, 0.25) is 0 Å². The number of amides is 1. The van der Waals surface area contributed by atoms with Crippen LogP contribution in [-0.4, -0.2) is 41.2 Å². The van der Waals surface area contributed by atoms with Crippen molar-refractivity contribution in [2.24, 2.45) is 17.3 Å². The predicted molar refractivity (Wildman–Crippen MR) is 146 cm³/mol. The second kappa shape index (κ2) is 14.1. The second-order valence-electron chi connectivity index (χ2n) is 12.3. The Morgan fingerprint density at radius 3 is 2.29 bits per heavy atom. The van der Waals surface area contributed by atoms with Crippen molar-refractivity contribution >= 4 is 17.8 Å². The van der Waals surface area contributed by atoms with Crippen molar-refractivity contribution in [3.63, 3.8) is 0 Å². The van der Waals surface area contributed by atoms with Crippen molar-refractivity contribution < 1.29 is 29.0 Å². The summed E-state index contributed by atoms with van der Waals surface area (Å²) < 4.78 is 11.3. The van der Waals surface area contributed by atoms with Gasteiger partial charge in [-0.25, -0.2) is 0 Å². The third-order valence-corrected chi connectivity index (χ3v) is 8.00. The number of carbonyl (C=O) groups is 3. The Hall–Kier alpha value is -2.41. The molecule has 7 heteroatoms. The summed E-state index contributed by atoms with van der Waals surface area (Å²) in [6, 6.07) is 9.72. The van der Waals surface area contributed by atoms with Crippen LogP contribution in [0.3, 0.4) is 0 Å². The van der Waals surface area contributed by atoms with Crippen LogP contribution >= 0.6 is 0 Å². The van der Waals surface area contributed by atoms with Gasteiger partial charge in [0, 0.05) is 12.6 Å². The van der Waals surface area contributed by atoms with E-state index in [-0.39, 0.29) is 48.9 Å². The first-order valence-electron chi connectivity index (χ1n) is 14.5. The van der Waals surface area contributed by atoms with Gasteiger partial charge in [-0.05, 0) is 84.1 Å². The number of hydrogen-bond donors (Lipinski definition) is 2. The summed E-state index contributed by atoms with van der Waals surface area (Å²) in [6.07, 6.45) is 8.87. The van der Waals surface area contributed by atoms with E-state index in [2.05, 4.69) is 5.32 Å². The van der Waals surface area contributed by atoms with Crippen LogP contribution in [0.25, 0.3) is 0 Å². The lowest BCUT2D eigenvalue weighted by atomic mass is 9.75. The molecule has 1 unspecified atom stereocenters. The zero-order chi connectivity index (χ0) is 27.6. The van der Waals surface area contributed by atoms with Gasteiger partial charge in [-0.15, -0.1) is 0 Å². The van der Waals surface area contributed by atoms with Crippen molar-refractivity contribution in [2.45, 2.75) is 116 Å². The smallest absolute Gasteiger partial charge is 0.309 e. The second-order valence-corrected chi connectivity index (χ2v) is 12.3. The van der Waals surface area contributed by atoms with Crippen molar-refractivity contribution in [1.29, 1.82) is 0 Å². The summed E-state index contributed by atoms with van der Waals surface area (Å²) in [6.45, 7) is 5.97. The Labute approximate surface area is 228 Å². The maximum absolute atomic E-state index is 13.7. The first-order valence-corrected chi connectivity index (χ1v) is 14.5. The van der Waals surface area contributed by atoms with Crippen molar-refractivity contribution in [1.82, 2.24) is 5.32 Å². The van der Waals surface area contributed by atoms with E-state index >= 15 is 0 Å². The molecular formula is C31H47NO6. The normalized spacial score (nSPS) is 21.9. The molecular weight excluding hydrogens is 482 g/mol. The van der Waals surface area contributed by atoms with Crippen LogP contribution in [0.4, 0.5) is 0 Å². The van der Waals surface area contributed by atoms with E-state index in [1.54, 1.807) is 0 Å². The number of hydrogen-bond acceptors (Lipinski definition) is 6. The Balaban J connectivity index is 1.55. The lowest BCUT2D eigenvalue weighted by Gasteiger charge is -2.35. The standard InChI is InChI=1S/C31H47NO6/c1-30(2,3)38-28(35)25(13-7-10-20-33)21-31(18-8-9-19-31)29(36)32-26-16-14-24(15-17-26)27(34)37-22-23-11-5-4-6-12-23/h4-6,11-12,24-26,33H,7-10,13-22H2,1-3H3,(H,32,36)/t24-,25?,26+. The lowest BCUT2D eigenvalue weighted by Crippen LogP contribution is -2.47. The summed E-state index contributed by atoms with van der Waals surface area (Å²) in [5.74, 6) is -0.853. The van der Waals surface area contributed by atoms with Crippen LogP contribution in [-0.2, 0) is 30.5 Å². The number of esters is 2. The van der Waals surface area contributed by atoms with Crippen LogP contribution in [0, 0.1) is 17.3 Å². The minimum Gasteiger partial charge on any atom is -0.461 e. The number of ether oxygens (including phenoxy) is 2. The topological polar surface area (TPSA) is 102 Å². The molecule has 7 nitrogen and oxygen atoms in total. The maximum atomic E-state index is 13.7. The molecule has 0 saturated heterocycles. The summed E-state index contributed by atoms with van der Waals surface area (Å²) in [5.41, 5.74) is -0.172. The van der Waals surface area contributed by atoms with E-state index in [9.17, 15) is 19.5 Å². The molecule has 0 heterocycles. The van der Waals surface area contributed by atoms with E-state index in [0.717, 1.165) is 50.5 Å². The SMILES string of the molecule is CC(C)(C)OC(=O)C(CCCCO)CC1(C(=O)N[C@H]2CC[C@@H](C(=O)OCc3ccccc3)CC2)CCCC1. The van der Waals surface area contributed by atoms with Gasteiger partial charge in [0.1, 0.15) is 12.2 Å². The first-order chi connectivity index (χ1) is 18.1. The highest BCUT2D eigenvalue weighted by Gasteiger charge is 2.45. The molecule has 0 aromatic heterocycles. The molecule has 0 spiro atoms. The van der Waals surface area contributed by atoms with Crippen molar-refractivity contribution in [3.8, 4) is 0 Å². The number of aliphatic hydroxyl groups is 1. The number of rotatable bonds is 12. The van der Waals surface area contributed by atoms with Gasteiger partial charge < -0.3 is 19.9 Å². The highest BCUT2D eigenvalue weighted by molar-refractivity contribution is 5.84. The third kappa shape index (κ3) is 9.11. The zero-order valence-electron chi connectivity index (χ0n) is 23.5. The Bertz CT molecular complexity index is 895. The predicted octanol–water partition coefficient (Wildman–Crippen LogP) is 5.48. The van der Waals surface area contributed by atoms with Crippen LogP contribution in [0.1, 0.15) is 103 Å². The minimum absolute atomic E-state index is 0.0347. The molecule has 212 valence electrons. The van der Waals surface area contributed by atoms with Gasteiger partial charge in [0.15, 0.2) is 0 Å². The highest BCUT2D eigenvalue weighted by atomic mass is 16.6. The number of carbonyl (C=O) groups excluding carboxylic acids is 3. The number of nitrogens with one attached hydrogen (secondary N) is 1. The summed E-state index contributed by atoms with van der Waals surface area (Å²) in [5, 5.41) is 12.5. The van der Waals surface area contributed by atoms with E-state index < -0.39 is 11.0 Å². The van der Waals surface area contributed by atoms with E-state index in [1.807, 2.05) is 51.1 Å². The molecule has 3 rings (SSSR count). The van der Waals surface area contributed by atoms with Gasteiger partial charge in [-0.3, -0.25) is 14.4 Å². The number of benzene rings is 1. The molecule has 2 saturated carbocycles. The molecule has 1 aromatic carbocycles. The average molecular weight is 530 g/mol. The Kier molecular flexibility index (Phi) is 11.2. The number of unbranched alkanes of at least 4 members (excludes halogenated alkanes) is 1. The molecule has 0 aliphatic heterocycles. The van der Waals surface area contributed by atoms with Gasteiger partial charge in [-0.2, -0.15) is 0 Å². The molecule has 0 bridgehead atoms. The molecule has 0 radical (unpaired) electrons. The van der Waals surface area contributed by atoms with Gasteiger partial charge in [0.2, 0.25) is 5.91 Å². The monoisotopic (exact) mass is 529 g/mol. The molecule has 1 amide bonds. The summed E-state index contributed by atoms with van der Waals surface area (Å²) in [7, 11) is 0. The highest BCUT2D eigenvalue weighted by Crippen LogP contribution is 2.45. The molecule has 2 aliphatic rings. The number of aliphatic hydroxyl groups excluding tert-OH is 1. The third-order valence-electron chi connectivity index (χ3n) is 8.00. The van der Waals surface area contributed by atoms with Crippen LogP contribution in [0.5, 0.6) is 0 Å². The molecule has 38 heavy (non-hydrogen) atoms. The Morgan fingerprint density at radius 1 is 1.03 bits per heavy atom. The van der Waals surface area contributed by atoms with Gasteiger partial charge in [0.05, 0.1) is 17.3 Å². The van der Waals surface area contributed by atoms with E-state index in [4.69, 9.17) is 9.47 Å². The summed E-state index contributed by atoms with van der Waals surface area (Å²) >= 11 is 0. The van der Waals surface area contributed by atoms with Gasteiger partial charge in [-0.1, -0.05) is 49.6 Å². The van der Waals surface area contributed by atoms with Gasteiger partial charge in [0.25, 0.3) is 0 Å². The zero-order valence-corrected chi connectivity index (χ0v) is 23.5. The molecule has 2 N–H and O–H groups in total. The minimum atomic E-state index is -0.585. The van der Waals surface area contributed by atoms with Crippen molar-refractivity contribution in [3.05, 3.63) is 35.9 Å². The van der Waals surface area contributed by atoms with Crippen LogP contribution in [0.15, 0.2) is 30.3 Å². The first kappa shape index (κ1) is 30.1. The van der Waals surface area contributed by atoms with Crippen LogP contribution < -0.4 is 5.32 Å². The molecule has 2 aliphatic carbocycles. The fourth-order valence-electron chi connectivity index (χ4n) is 5.90. The average Bonchev–Trinajstić information content (AvgIpc) is 3.37. The Morgan fingerprint density at radius 2 is 1.68 bits per heavy atom. The van der Waals surface area contributed by atoms with E-state index in [1.165, 1.54) is 0 Å². The van der Waals surface area contributed by atoms with Gasteiger partial charge >= 0.3 is 11.9 Å². The largest absolute Gasteiger partial charge is 0.461 e. The van der Waals surface area contributed by atoms with Crippen molar-refractivity contribution in [2.75, 3.05) is 6.61 Å². The quantitative estimate of drug-likeness (QED) is 0.275. The molecule has 2 fully saturated rings. The molecule has 1 aromatic rings.